The van der Waals surface area contributed by atoms with Crippen LogP contribution in [0.1, 0.15) is 5.82 Å². The molecule has 2 atom stereocenters. The molecule has 0 aromatic carbocycles. The second-order valence-corrected chi connectivity index (χ2v) is 3.70. The van der Waals surface area contributed by atoms with Gasteiger partial charge in [0.15, 0.2) is 5.82 Å². The molecule has 2 heterocycles. The first-order chi connectivity index (χ1) is 7.77. The SMILES string of the molecule is NC1COCC1C(=O)NCCc1ncon1. The summed E-state index contributed by atoms with van der Waals surface area (Å²) in [7, 11) is 0. The van der Waals surface area contributed by atoms with Crippen LogP contribution in [0.2, 0.25) is 0 Å². The highest BCUT2D eigenvalue weighted by Crippen LogP contribution is 2.11. The van der Waals surface area contributed by atoms with Crippen LogP contribution < -0.4 is 11.1 Å². The lowest BCUT2D eigenvalue weighted by molar-refractivity contribution is -0.125. The van der Waals surface area contributed by atoms with E-state index >= 15 is 0 Å². The van der Waals surface area contributed by atoms with Crippen LogP contribution in [0.4, 0.5) is 0 Å². The van der Waals surface area contributed by atoms with Crippen LogP contribution in [-0.2, 0) is 16.0 Å². The molecule has 1 aromatic heterocycles. The van der Waals surface area contributed by atoms with E-state index in [1.165, 1.54) is 6.39 Å². The van der Waals surface area contributed by atoms with Crippen molar-refractivity contribution in [2.24, 2.45) is 11.7 Å². The lowest BCUT2D eigenvalue weighted by Crippen LogP contribution is -2.41. The first-order valence-electron chi connectivity index (χ1n) is 5.13. The van der Waals surface area contributed by atoms with Gasteiger partial charge in [-0.25, -0.2) is 0 Å². The van der Waals surface area contributed by atoms with E-state index in [2.05, 4.69) is 20.0 Å². The molecule has 1 saturated heterocycles. The van der Waals surface area contributed by atoms with Crippen molar-refractivity contribution in [3.8, 4) is 0 Å². The van der Waals surface area contributed by atoms with Crippen molar-refractivity contribution < 1.29 is 14.1 Å². The fraction of sp³-hybridized carbons (Fsp3) is 0.667. The normalized spacial score (nSPS) is 24.6. The van der Waals surface area contributed by atoms with Crippen molar-refractivity contribution in [3.63, 3.8) is 0 Å². The standard InChI is InChI=1S/C9H14N4O3/c10-7-4-15-3-6(7)9(14)11-2-1-8-12-5-16-13-8/h5-7H,1-4,10H2,(H,11,14). The molecule has 1 aromatic rings. The number of amides is 1. The predicted octanol–water partition coefficient (Wildman–Crippen LogP) is -1.30. The molecule has 0 spiro atoms. The number of carbonyl (C=O) groups is 1. The number of ether oxygens (including phenoxy) is 1. The average Bonchev–Trinajstić information content (AvgIpc) is 2.88. The first kappa shape index (κ1) is 11.0. The highest BCUT2D eigenvalue weighted by molar-refractivity contribution is 5.79. The van der Waals surface area contributed by atoms with E-state index in [4.69, 9.17) is 10.5 Å². The van der Waals surface area contributed by atoms with E-state index in [1.807, 2.05) is 0 Å². The van der Waals surface area contributed by atoms with E-state index in [0.29, 0.717) is 32.0 Å². The monoisotopic (exact) mass is 226 g/mol. The summed E-state index contributed by atoms with van der Waals surface area (Å²) < 4.78 is 9.69. The third kappa shape index (κ3) is 2.56. The van der Waals surface area contributed by atoms with Gasteiger partial charge in [0.2, 0.25) is 12.3 Å². The molecule has 2 unspecified atom stereocenters. The molecule has 88 valence electrons. The Morgan fingerprint density at radius 1 is 1.62 bits per heavy atom. The van der Waals surface area contributed by atoms with Gasteiger partial charge in [-0.1, -0.05) is 5.16 Å². The minimum absolute atomic E-state index is 0.0755. The maximum atomic E-state index is 11.6. The summed E-state index contributed by atoms with van der Waals surface area (Å²) in [5.74, 6) is 0.256. The van der Waals surface area contributed by atoms with Crippen LogP contribution in [0.5, 0.6) is 0 Å². The summed E-state index contributed by atoms with van der Waals surface area (Å²) in [6, 6.07) is -0.204. The molecular weight excluding hydrogens is 212 g/mol. The zero-order valence-corrected chi connectivity index (χ0v) is 8.76. The Kier molecular flexibility index (Phi) is 3.47. The summed E-state index contributed by atoms with van der Waals surface area (Å²) in [5, 5.41) is 6.41. The maximum absolute atomic E-state index is 11.6. The molecule has 7 nitrogen and oxygen atoms in total. The van der Waals surface area contributed by atoms with Gasteiger partial charge in [-0.2, -0.15) is 4.98 Å². The highest BCUT2D eigenvalue weighted by atomic mass is 16.5. The molecule has 3 N–H and O–H groups in total. The molecule has 7 heteroatoms. The van der Waals surface area contributed by atoms with Crippen LogP contribution in [0.25, 0.3) is 0 Å². The number of rotatable bonds is 4. The highest BCUT2D eigenvalue weighted by Gasteiger charge is 2.30. The van der Waals surface area contributed by atoms with Gasteiger partial charge in [-0.3, -0.25) is 4.79 Å². The fourth-order valence-corrected chi connectivity index (χ4v) is 1.57. The summed E-state index contributed by atoms with van der Waals surface area (Å²) in [4.78, 5) is 15.5. The molecular formula is C9H14N4O3. The minimum Gasteiger partial charge on any atom is -0.379 e. The summed E-state index contributed by atoms with van der Waals surface area (Å²) in [6.45, 7) is 1.32. The number of nitrogens with one attached hydrogen (secondary N) is 1. The lowest BCUT2D eigenvalue weighted by atomic mass is 10.0. The molecule has 1 aliphatic rings. The topological polar surface area (TPSA) is 103 Å². The van der Waals surface area contributed by atoms with Crippen molar-refractivity contribution in [1.29, 1.82) is 0 Å². The Bertz CT molecular complexity index is 341. The third-order valence-electron chi connectivity index (χ3n) is 2.52. The summed E-state index contributed by atoms with van der Waals surface area (Å²) in [6.07, 6.45) is 1.81. The first-order valence-corrected chi connectivity index (χ1v) is 5.13. The third-order valence-corrected chi connectivity index (χ3v) is 2.52. The van der Waals surface area contributed by atoms with Crippen LogP contribution in [-0.4, -0.2) is 41.8 Å². The molecule has 0 radical (unpaired) electrons. The molecule has 16 heavy (non-hydrogen) atoms. The van der Waals surface area contributed by atoms with E-state index in [9.17, 15) is 4.79 Å². The zero-order chi connectivity index (χ0) is 11.4. The van der Waals surface area contributed by atoms with Crippen molar-refractivity contribution in [2.75, 3.05) is 19.8 Å². The largest absolute Gasteiger partial charge is 0.379 e. The number of aromatic nitrogens is 2. The molecule has 2 rings (SSSR count). The Labute approximate surface area is 92.3 Å². The summed E-state index contributed by atoms with van der Waals surface area (Å²) >= 11 is 0. The lowest BCUT2D eigenvalue weighted by Gasteiger charge is -2.12. The van der Waals surface area contributed by atoms with Crippen LogP contribution in [0.15, 0.2) is 10.9 Å². The minimum atomic E-state index is -0.245. The number of nitrogens with zero attached hydrogens (tertiary/aromatic N) is 2. The fourth-order valence-electron chi connectivity index (χ4n) is 1.57. The number of carbonyl (C=O) groups excluding carboxylic acids is 1. The Hall–Kier alpha value is -1.47. The van der Waals surface area contributed by atoms with Crippen LogP contribution >= 0.6 is 0 Å². The molecule has 1 fully saturated rings. The quantitative estimate of drug-likeness (QED) is 0.661. The Morgan fingerprint density at radius 2 is 2.50 bits per heavy atom. The Morgan fingerprint density at radius 3 is 3.12 bits per heavy atom. The van der Waals surface area contributed by atoms with Gasteiger partial charge in [0, 0.05) is 19.0 Å². The smallest absolute Gasteiger partial charge is 0.227 e. The van der Waals surface area contributed by atoms with Gasteiger partial charge in [0.1, 0.15) is 0 Å². The number of hydrogen-bond acceptors (Lipinski definition) is 6. The van der Waals surface area contributed by atoms with Gasteiger partial charge in [-0.05, 0) is 0 Å². The number of hydrogen-bond donors (Lipinski definition) is 2. The van der Waals surface area contributed by atoms with Crippen LogP contribution in [0.3, 0.4) is 0 Å². The number of nitrogens with two attached hydrogens (primary N) is 1. The van der Waals surface area contributed by atoms with E-state index in [-0.39, 0.29) is 17.9 Å². The van der Waals surface area contributed by atoms with E-state index < -0.39 is 0 Å². The van der Waals surface area contributed by atoms with Gasteiger partial charge >= 0.3 is 0 Å². The summed E-state index contributed by atoms with van der Waals surface area (Å²) in [5.41, 5.74) is 5.72. The molecule has 0 saturated carbocycles. The van der Waals surface area contributed by atoms with Crippen molar-refractivity contribution in [1.82, 2.24) is 15.5 Å². The van der Waals surface area contributed by atoms with Gasteiger partial charge in [0.05, 0.1) is 19.1 Å². The molecule has 0 bridgehead atoms. The van der Waals surface area contributed by atoms with Gasteiger partial charge in [-0.15, -0.1) is 0 Å². The zero-order valence-electron chi connectivity index (χ0n) is 8.76. The van der Waals surface area contributed by atoms with Crippen molar-refractivity contribution >= 4 is 5.91 Å². The van der Waals surface area contributed by atoms with Crippen molar-refractivity contribution in [3.05, 3.63) is 12.2 Å². The van der Waals surface area contributed by atoms with E-state index in [0.717, 1.165) is 0 Å². The van der Waals surface area contributed by atoms with Crippen molar-refractivity contribution in [2.45, 2.75) is 12.5 Å². The average molecular weight is 226 g/mol. The second kappa shape index (κ2) is 5.04. The second-order valence-electron chi connectivity index (χ2n) is 3.70. The Balaban J connectivity index is 1.71. The van der Waals surface area contributed by atoms with Gasteiger partial charge < -0.3 is 20.3 Å². The maximum Gasteiger partial charge on any atom is 0.227 e. The van der Waals surface area contributed by atoms with Gasteiger partial charge in [0.25, 0.3) is 0 Å². The molecule has 0 aliphatic carbocycles. The van der Waals surface area contributed by atoms with E-state index in [1.54, 1.807) is 0 Å². The molecule has 1 aliphatic heterocycles. The molecule has 1 amide bonds. The van der Waals surface area contributed by atoms with Crippen LogP contribution in [0, 0.1) is 5.92 Å². The predicted molar refractivity (Wildman–Crippen MR) is 53.3 cm³/mol.